The molecule has 84 valence electrons. The molecule has 1 heterocycles. The normalized spacial score (nSPS) is 12.6. The van der Waals surface area contributed by atoms with Gasteiger partial charge in [0.15, 0.2) is 0 Å². The van der Waals surface area contributed by atoms with Crippen molar-refractivity contribution < 1.29 is 8.81 Å². The number of halogens is 2. The first-order valence-corrected chi connectivity index (χ1v) is 5.67. The molecule has 16 heavy (non-hydrogen) atoms. The van der Waals surface area contributed by atoms with Crippen LogP contribution in [0.4, 0.5) is 4.39 Å². The van der Waals surface area contributed by atoms with E-state index in [4.69, 9.17) is 16.0 Å². The first-order chi connectivity index (χ1) is 7.79. The predicted octanol–water partition coefficient (Wildman–Crippen LogP) is 3.98. The van der Waals surface area contributed by atoms with Gasteiger partial charge >= 0.3 is 0 Å². The molecule has 0 fully saturated rings. The molecule has 0 N–H and O–H groups in total. The highest BCUT2D eigenvalue weighted by Crippen LogP contribution is 2.22. The van der Waals surface area contributed by atoms with Gasteiger partial charge in [-0.3, -0.25) is 0 Å². The fraction of sp³-hybridized carbons (Fsp3) is 0.231. The minimum Gasteiger partial charge on any atom is -0.469 e. The molecule has 0 aliphatic heterocycles. The quantitative estimate of drug-likeness (QED) is 0.735. The summed E-state index contributed by atoms with van der Waals surface area (Å²) in [5.74, 6) is 1.32. The van der Waals surface area contributed by atoms with Crippen LogP contribution in [0.15, 0.2) is 47.1 Å². The number of furan rings is 1. The first-order valence-electron chi connectivity index (χ1n) is 5.13. The van der Waals surface area contributed by atoms with Crippen LogP contribution >= 0.6 is 11.6 Å². The minimum absolute atomic E-state index is 0.161. The lowest BCUT2D eigenvalue weighted by Gasteiger charge is -2.12. The highest BCUT2D eigenvalue weighted by atomic mass is 35.5. The Labute approximate surface area is 98.8 Å². The molecule has 0 saturated carbocycles. The molecular weight excluding hydrogens is 227 g/mol. The molecule has 0 aliphatic carbocycles. The maximum Gasteiger partial charge on any atom is 0.123 e. The van der Waals surface area contributed by atoms with Gasteiger partial charge in [-0.2, -0.15) is 0 Å². The van der Waals surface area contributed by atoms with E-state index in [0.29, 0.717) is 5.88 Å². The van der Waals surface area contributed by atoms with Crippen LogP contribution < -0.4 is 0 Å². The Morgan fingerprint density at radius 3 is 2.50 bits per heavy atom. The zero-order chi connectivity index (χ0) is 11.4. The maximum absolute atomic E-state index is 12.8. The molecule has 1 unspecified atom stereocenters. The van der Waals surface area contributed by atoms with Crippen LogP contribution in [0, 0.1) is 5.82 Å². The fourth-order valence-electron chi connectivity index (χ4n) is 1.67. The maximum atomic E-state index is 12.8. The van der Waals surface area contributed by atoms with E-state index < -0.39 is 0 Å². The van der Waals surface area contributed by atoms with Gasteiger partial charge in [-0.05, 0) is 29.8 Å². The van der Waals surface area contributed by atoms with E-state index >= 15 is 0 Å². The van der Waals surface area contributed by atoms with Gasteiger partial charge in [-0.1, -0.05) is 12.1 Å². The molecule has 1 nitrogen and oxygen atoms in total. The van der Waals surface area contributed by atoms with Crippen molar-refractivity contribution in [3.05, 3.63) is 59.8 Å². The van der Waals surface area contributed by atoms with Crippen molar-refractivity contribution >= 4 is 11.6 Å². The van der Waals surface area contributed by atoms with Crippen molar-refractivity contribution in [3.8, 4) is 0 Å². The average Bonchev–Trinajstić information content (AvgIpc) is 2.80. The Morgan fingerprint density at radius 1 is 1.19 bits per heavy atom. The van der Waals surface area contributed by atoms with Crippen molar-refractivity contribution in [2.24, 2.45) is 0 Å². The molecule has 0 bridgehead atoms. The highest BCUT2D eigenvalue weighted by molar-refractivity contribution is 6.18. The summed E-state index contributed by atoms with van der Waals surface area (Å²) >= 11 is 5.92. The van der Waals surface area contributed by atoms with Crippen LogP contribution in [0.25, 0.3) is 0 Å². The Morgan fingerprint density at radius 2 is 1.94 bits per heavy atom. The predicted molar refractivity (Wildman–Crippen MR) is 62.3 cm³/mol. The summed E-state index contributed by atoms with van der Waals surface area (Å²) in [5.41, 5.74) is 1.04. The first kappa shape index (κ1) is 11.2. The van der Waals surface area contributed by atoms with E-state index in [-0.39, 0.29) is 11.7 Å². The molecule has 0 spiro atoms. The number of alkyl halides is 1. The number of rotatable bonds is 4. The zero-order valence-corrected chi connectivity index (χ0v) is 9.45. The SMILES string of the molecule is Fc1ccc(C(CCl)Cc2ccco2)cc1. The van der Waals surface area contributed by atoms with Crippen molar-refractivity contribution in [2.75, 3.05) is 5.88 Å². The van der Waals surface area contributed by atoms with E-state index in [0.717, 1.165) is 17.7 Å². The van der Waals surface area contributed by atoms with Crippen LogP contribution in [0.3, 0.4) is 0 Å². The second kappa shape index (κ2) is 5.17. The third-order valence-corrected chi connectivity index (χ3v) is 2.93. The van der Waals surface area contributed by atoms with Gasteiger partial charge in [-0.25, -0.2) is 4.39 Å². The minimum atomic E-state index is -0.227. The van der Waals surface area contributed by atoms with Gasteiger partial charge in [0.2, 0.25) is 0 Å². The molecule has 0 aliphatic rings. The van der Waals surface area contributed by atoms with Gasteiger partial charge in [0.1, 0.15) is 11.6 Å². The average molecular weight is 239 g/mol. The Bertz CT molecular complexity index is 422. The molecule has 1 aromatic carbocycles. The van der Waals surface area contributed by atoms with Crippen LogP contribution in [0.1, 0.15) is 17.2 Å². The third-order valence-electron chi connectivity index (χ3n) is 2.56. The number of hydrogen-bond donors (Lipinski definition) is 0. The van der Waals surface area contributed by atoms with E-state index in [1.807, 2.05) is 12.1 Å². The zero-order valence-electron chi connectivity index (χ0n) is 8.70. The van der Waals surface area contributed by atoms with Crippen LogP contribution in [-0.2, 0) is 6.42 Å². The molecule has 0 radical (unpaired) electrons. The van der Waals surface area contributed by atoms with E-state index in [9.17, 15) is 4.39 Å². The summed E-state index contributed by atoms with van der Waals surface area (Å²) < 4.78 is 18.1. The molecule has 1 aromatic heterocycles. The summed E-state index contributed by atoms with van der Waals surface area (Å²) in [7, 11) is 0. The third kappa shape index (κ3) is 2.64. The summed E-state index contributed by atoms with van der Waals surface area (Å²) in [5, 5.41) is 0. The monoisotopic (exact) mass is 238 g/mol. The molecule has 0 saturated heterocycles. The molecule has 0 amide bonds. The van der Waals surface area contributed by atoms with E-state index in [1.165, 1.54) is 12.1 Å². The van der Waals surface area contributed by atoms with Crippen molar-refractivity contribution in [2.45, 2.75) is 12.3 Å². The van der Waals surface area contributed by atoms with Crippen molar-refractivity contribution in [1.82, 2.24) is 0 Å². The van der Waals surface area contributed by atoms with E-state index in [2.05, 4.69) is 0 Å². The Kier molecular flexibility index (Phi) is 3.62. The standard InChI is InChI=1S/C13H12ClFO/c14-9-11(8-13-2-1-7-16-13)10-3-5-12(15)6-4-10/h1-7,11H,8-9H2. The smallest absolute Gasteiger partial charge is 0.123 e. The molecular formula is C13H12ClFO. The van der Waals surface area contributed by atoms with Crippen LogP contribution in [0.5, 0.6) is 0 Å². The fourth-order valence-corrected chi connectivity index (χ4v) is 1.96. The highest BCUT2D eigenvalue weighted by Gasteiger charge is 2.12. The summed E-state index contributed by atoms with van der Waals surface area (Å²) in [6, 6.07) is 10.2. The summed E-state index contributed by atoms with van der Waals surface area (Å²) in [6.07, 6.45) is 2.38. The summed E-state index contributed by atoms with van der Waals surface area (Å²) in [4.78, 5) is 0. The van der Waals surface area contributed by atoms with Gasteiger partial charge in [0.05, 0.1) is 6.26 Å². The number of benzene rings is 1. The van der Waals surface area contributed by atoms with Gasteiger partial charge in [-0.15, -0.1) is 11.6 Å². The van der Waals surface area contributed by atoms with Gasteiger partial charge in [0.25, 0.3) is 0 Å². The largest absolute Gasteiger partial charge is 0.469 e. The van der Waals surface area contributed by atoms with Crippen molar-refractivity contribution in [3.63, 3.8) is 0 Å². The van der Waals surface area contributed by atoms with Crippen LogP contribution in [0.2, 0.25) is 0 Å². The lowest BCUT2D eigenvalue weighted by molar-refractivity contribution is 0.493. The Hall–Kier alpha value is -1.28. The van der Waals surface area contributed by atoms with Gasteiger partial charge in [0, 0.05) is 18.2 Å². The van der Waals surface area contributed by atoms with Gasteiger partial charge < -0.3 is 4.42 Å². The molecule has 2 rings (SSSR count). The lowest BCUT2D eigenvalue weighted by Crippen LogP contribution is -2.04. The summed E-state index contributed by atoms with van der Waals surface area (Å²) in [6.45, 7) is 0. The second-order valence-corrected chi connectivity index (χ2v) is 3.99. The van der Waals surface area contributed by atoms with Crippen molar-refractivity contribution in [1.29, 1.82) is 0 Å². The molecule has 2 aromatic rings. The topological polar surface area (TPSA) is 13.1 Å². The second-order valence-electron chi connectivity index (χ2n) is 3.69. The molecule has 1 atom stereocenters. The Balaban J connectivity index is 2.13. The number of hydrogen-bond acceptors (Lipinski definition) is 1. The lowest BCUT2D eigenvalue weighted by atomic mass is 9.96. The van der Waals surface area contributed by atoms with Crippen LogP contribution in [-0.4, -0.2) is 5.88 Å². The van der Waals surface area contributed by atoms with E-state index in [1.54, 1.807) is 18.4 Å². The molecule has 3 heteroatoms.